The van der Waals surface area contributed by atoms with Gasteiger partial charge in [0.2, 0.25) is 0 Å². The standard InChI is InChI=1S/C17H22N2S/c1-12-10-19-17(20-12)11-18-13(2)14-6-8-16(9-7-14)15-4-3-5-15/h6-10,13,15,18H,3-5,11H2,1-2H3. The maximum atomic E-state index is 4.39. The number of aryl methyl sites for hydroxylation is 1. The van der Waals surface area contributed by atoms with E-state index in [-0.39, 0.29) is 0 Å². The van der Waals surface area contributed by atoms with Crippen molar-refractivity contribution in [2.75, 3.05) is 0 Å². The van der Waals surface area contributed by atoms with Crippen LogP contribution in [0.5, 0.6) is 0 Å². The van der Waals surface area contributed by atoms with Gasteiger partial charge in [-0.15, -0.1) is 11.3 Å². The van der Waals surface area contributed by atoms with Gasteiger partial charge in [-0.3, -0.25) is 0 Å². The Balaban J connectivity index is 1.57. The third kappa shape index (κ3) is 3.10. The monoisotopic (exact) mass is 286 g/mol. The van der Waals surface area contributed by atoms with E-state index < -0.39 is 0 Å². The minimum absolute atomic E-state index is 0.370. The molecule has 0 radical (unpaired) electrons. The maximum Gasteiger partial charge on any atom is 0.107 e. The average Bonchev–Trinajstić information content (AvgIpc) is 2.81. The lowest BCUT2D eigenvalue weighted by Crippen LogP contribution is -2.18. The summed E-state index contributed by atoms with van der Waals surface area (Å²) in [6.45, 7) is 5.17. The lowest BCUT2D eigenvalue weighted by Gasteiger charge is -2.26. The fraction of sp³-hybridized carbons (Fsp3) is 0.471. The topological polar surface area (TPSA) is 24.9 Å². The fourth-order valence-electron chi connectivity index (χ4n) is 2.64. The molecule has 0 saturated heterocycles. The molecule has 0 amide bonds. The van der Waals surface area contributed by atoms with Crippen molar-refractivity contribution in [1.82, 2.24) is 10.3 Å². The van der Waals surface area contributed by atoms with Crippen molar-refractivity contribution in [3.8, 4) is 0 Å². The van der Waals surface area contributed by atoms with E-state index in [9.17, 15) is 0 Å². The second-order valence-electron chi connectivity index (χ2n) is 5.76. The molecule has 106 valence electrons. The summed E-state index contributed by atoms with van der Waals surface area (Å²) < 4.78 is 0. The zero-order valence-corrected chi connectivity index (χ0v) is 13.0. The van der Waals surface area contributed by atoms with E-state index in [1.54, 1.807) is 11.3 Å². The smallest absolute Gasteiger partial charge is 0.107 e. The van der Waals surface area contributed by atoms with Crippen LogP contribution in [-0.2, 0) is 6.54 Å². The van der Waals surface area contributed by atoms with Crippen molar-refractivity contribution < 1.29 is 0 Å². The van der Waals surface area contributed by atoms with E-state index in [0.717, 1.165) is 12.5 Å². The average molecular weight is 286 g/mol. The summed E-state index contributed by atoms with van der Waals surface area (Å²) in [5, 5.41) is 4.72. The maximum absolute atomic E-state index is 4.39. The highest BCUT2D eigenvalue weighted by molar-refractivity contribution is 7.11. The molecule has 0 spiro atoms. The number of rotatable bonds is 5. The van der Waals surface area contributed by atoms with Gasteiger partial charge in [-0.1, -0.05) is 30.7 Å². The molecule has 3 heteroatoms. The Labute approximate surface area is 125 Å². The van der Waals surface area contributed by atoms with Gasteiger partial charge in [-0.25, -0.2) is 4.98 Å². The molecule has 2 aromatic rings. The molecule has 1 aliphatic carbocycles. The summed E-state index contributed by atoms with van der Waals surface area (Å²) >= 11 is 1.77. The minimum Gasteiger partial charge on any atom is -0.304 e. The van der Waals surface area contributed by atoms with Crippen LogP contribution in [-0.4, -0.2) is 4.98 Å². The fourth-order valence-corrected chi connectivity index (χ4v) is 3.38. The molecule has 1 aromatic heterocycles. The van der Waals surface area contributed by atoms with Crippen LogP contribution in [0, 0.1) is 6.92 Å². The van der Waals surface area contributed by atoms with Gasteiger partial charge in [-0.2, -0.15) is 0 Å². The van der Waals surface area contributed by atoms with Gasteiger partial charge in [0.1, 0.15) is 5.01 Å². The molecule has 1 aromatic carbocycles. The lowest BCUT2D eigenvalue weighted by atomic mass is 9.80. The van der Waals surface area contributed by atoms with Crippen LogP contribution in [0.25, 0.3) is 0 Å². The molecule has 1 atom stereocenters. The molecule has 0 aliphatic heterocycles. The Kier molecular flexibility index (Phi) is 4.18. The molecular formula is C17H22N2S. The normalized spacial score (nSPS) is 16.9. The Bertz CT molecular complexity index is 555. The Morgan fingerprint density at radius 2 is 2.05 bits per heavy atom. The van der Waals surface area contributed by atoms with Gasteiger partial charge >= 0.3 is 0 Å². The van der Waals surface area contributed by atoms with Crippen molar-refractivity contribution >= 4 is 11.3 Å². The van der Waals surface area contributed by atoms with Gasteiger partial charge in [0, 0.05) is 23.7 Å². The predicted octanol–water partition coefficient (Wildman–Crippen LogP) is 4.57. The van der Waals surface area contributed by atoms with Crippen LogP contribution in [0.15, 0.2) is 30.5 Å². The molecule has 0 bridgehead atoms. The molecule has 1 saturated carbocycles. The van der Waals surface area contributed by atoms with E-state index in [2.05, 4.69) is 48.4 Å². The van der Waals surface area contributed by atoms with Gasteiger partial charge in [-0.05, 0) is 43.7 Å². The van der Waals surface area contributed by atoms with Crippen LogP contribution >= 0.6 is 11.3 Å². The van der Waals surface area contributed by atoms with Gasteiger partial charge < -0.3 is 5.32 Å². The number of hydrogen-bond donors (Lipinski definition) is 1. The first kappa shape index (κ1) is 13.8. The van der Waals surface area contributed by atoms with Gasteiger partial charge in [0.15, 0.2) is 0 Å². The van der Waals surface area contributed by atoms with Crippen LogP contribution in [0.2, 0.25) is 0 Å². The number of nitrogens with zero attached hydrogens (tertiary/aromatic N) is 1. The SMILES string of the molecule is Cc1cnc(CNC(C)c2ccc(C3CCC3)cc2)s1. The van der Waals surface area contributed by atoms with E-state index >= 15 is 0 Å². The van der Waals surface area contributed by atoms with Crippen LogP contribution in [0.3, 0.4) is 0 Å². The minimum atomic E-state index is 0.370. The third-order valence-electron chi connectivity index (χ3n) is 4.24. The molecule has 1 fully saturated rings. The molecule has 3 rings (SSSR count). The molecule has 1 heterocycles. The third-order valence-corrected chi connectivity index (χ3v) is 5.15. The number of benzene rings is 1. The summed E-state index contributed by atoms with van der Waals surface area (Å²) in [5.41, 5.74) is 2.88. The Morgan fingerprint density at radius 3 is 2.60 bits per heavy atom. The first-order valence-electron chi connectivity index (χ1n) is 7.47. The first-order chi connectivity index (χ1) is 9.72. The number of hydrogen-bond acceptors (Lipinski definition) is 3. The zero-order valence-electron chi connectivity index (χ0n) is 12.2. The second kappa shape index (κ2) is 6.06. The highest BCUT2D eigenvalue weighted by Crippen LogP contribution is 2.36. The lowest BCUT2D eigenvalue weighted by molar-refractivity contribution is 0.419. The summed E-state index contributed by atoms with van der Waals surface area (Å²) in [7, 11) is 0. The summed E-state index contributed by atoms with van der Waals surface area (Å²) in [5.74, 6) is 0.825. The van der Waals surface area contributed by atoms with Crippen LogP contribution < -0.4 is 5.32 Å². The molecule has 2 nitrogen and oxygen atoms in total. The van der Waals surface area contributed by atoms with E-state index in [0.29, 0.717) is 6.04 Å². The molecular weight excluding hydrogens is 264 g/mol. The van der Waals surface area contributed by atoms with Crippen molar-refractivity contribution in [2.45, 2.75) is 51.6 Å². The van der Waals surface area contributed by atoms with E-state index in [1.165, 1.54) is 40.3 Å². The van der Waals surface area contributed by atoms with E-state index in [4.69, 9.17) is 0 Å². The number of thiazole rings is 1. The Morgan fingerprint density at radius 1 is 1.30 bits per heavy atom. The summed E-state index contributed by atoms with van der Waals surface area (Å²) in [6, 6.07) is 9.54. The van der Waals surface area contributed by atoms with Gasteiger partial charge in [0.25, 0.3) is 0 Å². The predicted molar refractivity (Wildman–Crippen MR) is 85.1 cm³/mol. The number of nitrogens with one attached hydrogen (secondary N) is 1. The van der Waals surface area contributed by atoms with Crippen LogP contribution in [0.4, 0.5) is 0 Å². The molecule has 20 heavy (non-hydrogen) atoms. The van der Waals surface area contributed by atoms with Crippen molar-refractivity contribution in [3.05, 3.63) is 51.5 Å². The quantitative estimate of drug-likeness (QED) is 0.871. The summed E-state index contributed by atoms with van der Waals surface area (Å²) in [4.78, 5) is 5.67. The van der Waals surface area contributed by atoms with Crippen LogP contribution in [0.1, 0.15) is 59.2 Å². The zero-order chi connectivity index (χ0) is 13.9. The molecule has 1 unspecified atom stereocenters. The van der Waals surface area contributed by atoms with Gasteiger partial charge in [0.05, 0.1) is 0 Å². The second-order valence-corrected chi connectivity index (χ2v) is 7.08. The highest BCUT2D eigenvalue weighted by Gasteiger charge is 2.19. The van der Waals surface area contributed by atoms with Crippen molar-refractivity contribution in [2.24, 2.45) is 0 Å². The van der Waals surface area contributed by atoms with Crippen molar-refractivity contribution in [1.29, 1.82) is 0 Å². The number of aromatic nitrogens is 1. The Hall–Kier alpha value is -1.19. The first-order valence-corrected chi connectivity index (χ1v) is 8.28. The van der Waals surface area contributed by atoms with Crippen molar-refractivity contribution in [3.63, 3.8) is 0 Å². The molecule has 1 aliphatic rings. The largest absolute Gasteiger partial charge is 0.304 e. The van der Waals surface area contributed by atoms with E-state index in [1.807, 2.05) is 6.20 Å². The summed E-state index contributed by atoms with van der Waals surface area (Å²) in [6.07, 6.45) is 6.09. The molecule has 1 N–H and O–H groups in total. The highest BCUT2D eigenvalue weighted by atomic mass is 32.1.